The van der Waals surface area contributed by atoms with Crippen LogP contribution in [-0.2, 0) is 20.0 Å². The van der Waals surface area contributed by atoms with E-state index in [4.69, 9.17) is 0 Å². The maximum absolute atomic E-state index is 12.7. The lowest BCUT2D eigenvalue weighted by Gasteiger charge is -2.33. The zero-order chi connectivity index (χ0) is 20.4. The van der Waals surface area contributed by atoms with Crippen molar-refractivity contribution in [3.05, 3.63) is 60.2 Å². The summed E-state index contributed by atoms with van der Waals surface area (Å²) in [6.45, 7) is 1.05. The maximum Gasteiger partial charge on any atom is 0.261 e. The van der Waals surface area contributed by atoms with E-state index in [1.165, 1.54) is 22.5 Å². The van der Waals surface area contributed by atoms with Gasteiger partial charge in [0.15, 0.2) is 0 Å². The molecule has 1 aliphatic rings. The molecule has 0 radical (unpaired) electrons. The van der Waals surface area contributed by atoms with Crippen LogP contribution in [0.2, 0.25) is 0 Å². The highest BCUT2D eigenvalue weighted by Gasteiger charge is 2.26. The molecule has 1 heterocycles. The minimum absolute atomic E-state index is 0.128. The Kier molecular flexibility index (Phi) is 5.73. The van der Waals surface area contributed by atoms with Gasteiger partial charge in [-0.15, -0.1) is 0 Å². The van der Waals surface area contributed by atoms with Gasteiger partial charge >= 0.3 is 0 Å². The summed E-state index contributed by atoms with van der Waals surface area (Å²) in [4.78, 5) is 14.4. The van der Waals surface area contributed by atoms with Crippen molar-refractivity contribution in [2.75, 3.05) is 37.2 Å². The van der Waals surface area contributed by atoms with E-state index in [0.29, 0.717) is 5.56 Å². The smallest absolute Gasteiger partial charge is 0.261 e. The van der Waals surface area contributed by atoms with Crippen molar-refractivity contribution < 1.29 is 21.6 Å². The van der Waals surface area contributed by atoms with Crippen LogP contribution in [0, 0.1) is 0 Å². The van der Waals surface area contributed by atoms with Crippen molar-refractivity contribution in [3.63, 3.8) is 0 Å². The number of nitrogens with zero attached hydrogens (tertiary/aromatic N) is 2. The summed E-state index contributed by atoms with van der Waals surface area (Å²) in [6, 6.07) is 14.2. The van der Waals surface area contributed by atoms with Crippen LogP contribution in [0.4, 0.5) is 5.69 Å². The van der Waals surface area contributed by atoms with E-state index in [9.17, 15) is 21.6 Å². The largest absolute Gasteiger partial charge is 0.336 e. The standard InChI is InChI=1S/C18H21N3O5S2/c1-27(23,24)21-12-10-20(11-13-21)18(22)15-6-5-7-16(14-15)19-28(25,26)17-8-3-2-4-9-17/h2-9,14,19H,10-13H2,1H3. The average molecular weight is 424 g/mol. The topological polar surface area (TPSA) is 104 Å². The van der Waals surface area contributed by atoms with E-state index < -0.39 is 20.0 Å². The maximum atomic E-state index is 12.7. The number of anilines is 1. The number of carbonyl (C=O) groups excluding carboxylic acids is 1. The Morgan fingerprint density at radius 3 is 2.14 bits per heavy atom. The first kappa shape index (κ1) is 20.3. The molecular formula is C18H21N3O5S2. The molecule has 3 rings (SSSR count). The van der Waals surface area contributed by atoms with E-state index in [1.54, 1.807) is 41.3 Å². The third-order valence-electron chi connectivity index (χ3n) is 4.41. The summed E-state index contributed by atoms with van der Waals surface area (Å²) in [7, 11) is -7.03. The van der Waals surface area contributed by atoms with Gasteiger partial charge in [-0.2, -0.15) is 4.31 Å². The third-order valence-corrected chi connectivity index (χ3v) is 7.11. The van der Waals surface area contributed by atoms with Crippen LogP contribution in [-0.4, -0.2) is 64.4 Å². The second kappa shape index (κ2) is 7.90. The number of benzene rings is 2. The van der Waals surface area contributed by atoms with Gasteiger partial charge in [0, 0.05) is 37.4 Å². The first-order chi connectivity index (χ1) is 13.2. The van der Waals surface area contributed by atoms with Crippen molar-refractivity contribution >= 4 is 31.6 Å². The van der Waals surface area contributed by atoms with Crippen molar-refractivity contribution in [2.24, 2.45) is 0 Å². The molecule has 0 unspecified atom stereocenters. The van der Waals surface area contributed by atoms with Crippen molar-refractivity contribution in [3.8, 4) is 0 Å². The minimum atomic E-state index is -3.75. The number of piperazine rings is 1. The molecule has 2 aromatic rings. The summed E-state index contributed by atoms with van der Waals surface area (Å²) < 4.78 is 51.9. The Morgan fingerprint density at radius 1 is 0.893 bits per heavy atom. The zero-order valence-electron chi connectivity index (χ0n) is 15.3. The fraction of sp³-hybridized carbons (Fsp3) is 0.278. The van der Waals surface area contributed by atoms with Gasteiger partial charge in [0.2, 0.25) is 10.0 Å². The number of nitrogens with one attached hydrogen (secondary N) is 1. The first-order valence-corrected chi connectivity index (χ1v) is 11.9. The van der Waals surface area contributed by atoms with Crippen LogP contribution in [0.3, 0.4) is 0 Å². The van der Waals surface area contributed by atoms with Gasteiger partial charge in [-0.05, 0) is 30.3 Å². The van der Waals surface area contributed by atoms with Crippen LogP contribution >= 0.6 is 0 Å². The molecule has 1 N–H and O–H groups in total. The zero-order valence-corrected chi connectivity index (χ0v) is 16.9. The predicted molar refractivity (Wildman–Crippen MR) is 106 cm³/mol. The molecule has 150 valence electrons. The molecular weight excluding hydrogens is 402 g/mol. The second-order valence-corrected chi connectivity index (χ2v) is 10.1. The summed E-state index contributed by atoms with van der Waals surface area (Å²) in [5.41, 5.74) is 0.616. The van der Waals surface area contributed by atoms with Gasteiger partial charge < -0.3 is 4.90 Å². The average Bonchev–Trinajstić information content (AvgIpc) is 2.67. The molecule has 8 nitrogen and oxygen atoms in total. The monoisotopic (exact) mass is 423 g/mol. The summed E-state index contributed by atoms with van der Waals surface area (Å²) >= 11 is 0. The van der Waals surface area contributed by atoms with Crippen molar-refractivity contribution in [1.29, 1.82) is 0 Å². The van der Waals surface area contributed by atoms with Gasteiger partial charge in [0.1, 0.15) is 0 Å². The van der Waals surface area contributed by atoms with Crippen molar-refractivity contribution in [2.45, 2.75) is 4.90 Å². The van der Waals surface area contributed by atoms with Gasteiger partial charge in [0.25, 0.3) is 15.9 Å². The van der Waals surface area contributed by atoms with Crippen LogP contribution < -0.4 is 4.72 Å². The predicted octanol–water partition coefficient (Wildman–Crippen LogP) is 1.20. The molecule has 0 aliphatic carbocycles. The lowest BCUT2D eigenvalue weighted by Crippen LogP contribution is -2.50. The van der Waals surface area contributed by atoms with Crippen LogP contribution in [0.1, 0.15) is 10.4 Å². The Balaban J connectivity index is 1.72. The van der Waals surface area contributed by atoms with E-state index in [0.717, 1.165) is 6.26 Å². The van der Waals surface area contributed by atoms with Crippen molar-refractivity contribution in [1.82, 2.24) is 9.21 Å². The second-order valence-electron chi connectivity index (χ2n) is 6.45. The number of carbonyl (C=O) groups is 1. The third kappa shape index (κ3) is 4.70. The SMILES string of the molecule is CS(=O)(=O)N1CCN(C(=O)c2cccc(NS(=O)(=O)c3ccccc3)c2)CC1. The van der Waals surface area contributed by atoms with E-state index in [2.05, 4.69) is 4.72 Å². The van der Waals surface area contributed by atoms with Gasteiger partial charge in [-0.3, -0.25) is 9.52 Å². The Hall–Kier alpha value is -2.43. The fourth-order valence-electron chi connectivity index (χ4n) is 2.93. The van der Waals surface area contributed by atoms with E-state index in [-0.39, 0.29) is 42.7 Å². The molecule has 10 heteroatoms. The number of hydrogen-bond acceptors (Lipinski definition) is 5. The summed E-state index contributed by atoms with van der Waals surface area (Å²) in [5, 5.41) is 0. The fourth-order valence-corrected chi connectivity index (χ4v) is 4.83. The lowest BCUT2D eigenvalue weighted by atomic mass is 10.1. The Labute approximate surface area is 164 Å². The molecule has 0 saturated carbocycles. The molecule has 1 amide bonds. The van der Waals surface area contributed by atoms with Gasteiger partial charge in [0.05, 0.1) is 11.2 Å². The highest BCUT2D eigenvalue weighted by molar-refractivity contribution is 7.92. The highest BCUT2D eigenvalue weighted by atomic mass is 32.2. The lowest BCUT2D eigenvalue weighted by molar-refractivity contribution is 0.0698. The van der Waals surface area contributed by atoms with Crippen LogP contribution in [0.15, 0.2) is 59.5 Å². The molecule has 28 heavy (non-hydrogen) atoms. The molecule has 0 aromatic heterocycles. The quantitative estimate of drug-likeness (QED) is 0.778. The molecule has 0 atom stereocenters. The molecule has 1 fully saturated rings. The van der Waals surface area contributed by atoms with E-state index in [1.807, 2.05) is 0 Å². The molecule has 0 spiro atoms. The Bertz CT molecular complexity index is 1060. The summed E-state index contributed by atoms with van der Waals surface area (Å²) in [6.07, 6.45) is 1.15. The molecule has 1 saturated heterocycles. The summed E-state index contributed by atoms with van der Waals surface area (Å²) in [5.74, 6) is -0.270. The number of sulfonamides is 2. The Morgan fingerprint density at radius 2 is 1.54 bits per heavy atom. The van der Waals surface area contributed by atoms with Gasteiger partial charge in [-0.25, -0.2) is 16.8 Å². The van der Waals surface area contributed by atoms with Gasteiger partial charge in [-0.1, -0.05) is 24.3 Å². The number of rotatable bonds is 5. The minimum Gasteiger partial charge on any atom is -0.336 e. The number of amides is 1. The molecule has 1 aliphatic heterocycles. The normalized spacial score (nSPS) is 16.0. The van der Waals surface area contributed by atoms with Crippen LogP contribution in [0.5, 0.6) is 0 Å². The highest BCUT2D eigenvalue weighted by Crippen LogP contribution is 2.19. The first-order valence-electron chi connectivity index (χ1n) is 8.59. The van der Waals surface area contributed by atoms with E-state index >= 15 is 0 Å². The number of hydrogen-bond donors (Lipinski definition) is 1. The van der Waals surface area contributed by atoms with Crippen LogP contribution in [0.25, 0.3) is 0 Å². The molecule has 2 aromatic carbocycles. The molecule has 0 bridgehead atoms.